The summed E-state index contributed by atoms with van der Waals surface area (Å²) in [6, 6.07) is 15.8. The van der Waals surface area contributed by atoms with E-state index >= 15 is 0 Å². The Labute approximate surface area is 146 Å². The monoisotopic (exact) mass is 337 g/mol. The highest BCUT2D eigenvalue weighted by molar-refractivity contribution is 6.04. The van der Waals surface area contributed by atoms with Gasteiger partial charge in [-0.15, -0.1) is 0 Å². The molecule has 0 radical (unpaired) electrons. The fourth-order valence-electron chi connectivity index (χ4n) is 2.19. The molecule has 0 aliphatic heterocycles. The van der Waals surface area contributed by atoms with E-state index in [2.05, 4.69) is 10.6 Å². The van der Waals surface area contributed by atoms with Crippen molar-refractivity contribution in [2.45, 2.75) is 19.9 Å². The number of nitrogens with one attached hydrogen (secondary N) is 2. The van der Waals surface area contributed by atoms with Crippen LogP contribution in [0, 0.1) is 11.3 Å². The Morgan fingerprint density at radius 3 is 2.52 bits per heavy atom. The van der Waals surface area contributed by atoms with Crippen molar-refractivity contribution in [2.75, 3.05) is 11.9 Å². The summed E-state index contributed by atoms with van der Waals surface area (Å²) in [6.45, 7) is 2.70. The number of hydrogen-bond acceptors (Lipinski definition) is 4. The fourth-order valence-corrected chi connectivity index (χ4v) is 2.19. The zero-order valence-electron chi connectivity index (χ0n) is 13.9. The third-order valence-corrected chi connectivity index (χ3v) is 3.41. The Morgan fingerprint density at radius 2 is 1.84 bits per heavy atom. The summed E-state index contributed by atoms with van der Waals surface area (Å²) in [6.07, 6.45) is -0.194. The van der Waals surface area contributed by atoms with Crippen molar-refractivity contribution in [3.05, 3.63) is 59.7 Å². The van der Waals surface area contributed by atoms with Crippen LogP contribution >= 0.6 is 0 Å². The molecule has 2 N–H and O–H groups in total. The molecule has 0 heterocycles. The number of para-hydroxylation sites is 1. The quantitative estimate of drug-likeness (QED) is 0.813. The summed E-state index contributed by atoms with van der Waals surface area (Å²) in [5.41, 5.74) is 1.87. The summed E-state index contributed by atoms with van der Waals surface area (Å²) in [7, 11) is 0. The van der Waals surface area contributed by atoms with Gasteiger partial charge >= 0.3 is 0 Å². The van der Waals surface area contributed by atoms with E-state index in [9.17, 15) is 9.59 Å². The van der Waals surface area contributed by atoms with Gasteiger partial charge in [0.1, 0.15) is 12.2 Å². The van der Waals surface area contributed by atoms with E-state index in [0.29, 0.717) is 23.6 Å². The van der Waals surface area contributed by atoms with Crippen molar-refractivity contribution < 1.29 is 14.3 Å². The van der Waals surface area contributed by atoms with Crippen LogP contribution in [-0.2, 0) is 11.3 Å². The molecule has 0 spiro atoms. The molecule has 0 aliphatic carbocycles. The predicted molar refractivity (Wildman–Crippen MR) is 94.1 cm³/mol. The molecule has 0 atom stereocenters. The normalized spacial score (nSPS) is 9.76. The number of carbonyl (C=O) groups excluding carboxylic acids is 2. The van der Waals surface area contributed by atoms with Crippen molar-refractivity contribution in [3.63, 3.8) is 0 Å². The van der Waals surface area contributed by atoms with Crippen LogP contribution in [-0.4, -0.2) is 18.4 Å². The number of nitrogens with zero attached hydrogens (tertiary/aromatic N) is 1. The molecular weight excluding hydrogens is 318 g/mol. The summed E-state index contributed by atoms with van der Waals surface area (Å²) in [5.74, 6) is 0.105. The average Bonchev–Trinajstić information content (AvgIpc) is 2.62. The first-order chi connectivity index (χ1) is 12.1. The molecule has 0 fully saturated rings. The van der Waals surface area contributed by atoms with Crippen LogP contribution in [0.2, 0.25) is 0 Å². The van der Waals surface area contributed by atoms with Gasteiger partial charge in [-0.2, -0.15) is 5.26 Å². The molecule has 2 amide bonds. The Morgan fingerprint density at radius 1 is 1.12 bits per heavy atom. The Bertz CT molecular complexity index is 779. The van der Waals surface area contributed by atoms with Crippen LogP contribution in [0.25, 0.3) is 0 Å². The fraction of sp³-hybridized carbons (Fsp3) is 0.211. The van der Waals surface area contributed by atoms with Crippen molar-refractivity contribution in [1.82, 2.24) is 5.32 Å². The lowest BCUT2D eigenvalue weighted by atomic mass is 10.1. The smallest absolute Gasteiger partial charge is 0.255 e. The number of rotatable bonds is 7. The minimum absolute atomic E-state index is 0.194. The van der Waals surface area contributed by atoms with E-state index in [1.807, 2.05) is 13.0 Å². The molecule has 6 nitrogen and oxygen atoms in total. The molecule has 0 aromatic heterocycles. The van der Waals surface area contributed by atoms with Crippen LogP contribution < -0.4 is 15.4 Å². The summed E-state index contributed by atoms with van der Waals surface area (Å²) in [4.78, 5) is 23.8. The third kappa shape index (κ3) is 5.36. The molecule has 0 bridgehead atoms. The van der Waals surface area contributed by atoms with Gasteiger partial charge in [0.15, 0.2) is 0 Å². The largest absolute Gasteiger partial charge is 0.494 e. The predicted octanol–water partition coefficient (Wildman–Crippen LogP) is 2.87. The number of amides is 2. The molecule has 25 heavy (non-hydrogen) atoms. The standard InChI is InChI=1S/C19H19N3O3/c1-2-25-16-9-7-14(8-10-16)19(24)22-17-6-4-3-5-15(17)13-21-18(23)11-12-20/h3-10H,2,11,13H2,1H3,(H,21,23)(H,22,24). The highest BCUT2D eigenvalue weighted by Gasteiger charge is 2.10. The van der Waals surface area contributed by atoms with Crippen molar-refractivity contribution in [2.24, 2.45) is 0 Å². The Balaban J connectivity index is 2.05. The average molecular weight is 337 g/mol. The molecule has 128 valence electrons. The van der Waals surface area contributed by atoms with E-state index in [4.69, 9.17) is 10.00 Å². The molecule has 0 saturated heterocycles. The molecular formula is C19H19N3O3. The zero-order chi connectivity index (χ0) is 18.1. The van der Waals surface area contributed by atoms with Crippen LogP contribution in [0.5, 0.6) is 5.75 Å². The van der Waals surface area contributed by atoms with E-state index in [-0.39, 0.29) is 24.8 Å². The minimum Gasteiger partial charge on any atom is -0.494 e. The third-order valence-electron chi connectivity index (χ3n) is 3.41. The van der Waals surface area contributed by atoms with Gasteiger partial charge in [0.2, 0.25) is 5.91 Å². The van der Waals surface area contributed by atoms with Crippen molar-refractivity contribution in [3.8, 4) is 11.8 Å². The molecule has 2 rings (SSSR count). The molecule has 0 saturated carbocycles. The zero-order valence-corrected chi connectivity index (χ0v) is 13.9. The second kappa shape index (κ2) is 9.08. The lowest BCUT2D eigenvalue weighted by molar-refractivity contribution is -0.120. The molecule has 6 heteroatoms. The molecule has 0 aliphatic rings. The number of carbonyl (C=O) groups is 2. The number of anilines is 1. The van der Waals surface area contributed by atoms with Gasteiger partial charge < -0.3 is 15.4 Å². The van der Waals surface area contributed by atoms with Crippen LogP contribution in [0.1, 0.15) is 29.3 Å². The van der Waals surface area contributed by atoms with Crippen molar-refractivity contribution >= 4 is 17.5 Å². The van der Waals surface area contributed by atoms with Gasteiger partial charge in [0.05, 0.1) is 12.7 Å². The number of nitriles is 1. The van der Waals surface area contributed by atoms with Crippen LogP contribution in [0.4, 0.5) is 5.69 Å². The highest BCUT2D eigenvalue weighted by Crippen LogP contribution is 2.17. The number of hydrogen-bond donors (Lipinski definition) is 2. The van der Waals surface area contributed by atoms with Gasteiger partial charge in [-0.25, -0.2) is 0 Å². The number of benzene rings is 2. The summed E-state index contributed by atoms with van der Waals surface area (Å²) < 4.78 is 5.36. The second-order valence-corrected chi connectivity index (χ2v) is 5.18. The van der Waals surface area contributed by atoms with Crippen LogP contribution in [0.15, 0.2) is 48.5 Å². The maximum absolute atomic E-state index is 12.4. The number of ether oxygens (including phenoxy) is 1. The van der Waals surface area contributed by atoms with Crippen LogP contribution in [0.3, 0.4) is 0 Å². The first-order valence-electron chi connectivity index (χ1n) is 7.89. The summed E-state index contributed by atoms with van der Waals surface area (Å²) >= 11 is 0. The highest BCUT2D eigenvalue weighted by atomic mass is 16.5. The maximum atomic E-state index is 12.4. The molecule has 2 aromatic rings. The Kier molecular flexibility index (Phi) is 6.55. The Hall–Kier alpha value is -3.33. The first-order valence-corrected chi connectivity index (χ1v) is 7.89. The maximum Gasteiger partial charge on any atom is 0.255 e. The van der Waals surface area contributed by atoms with Crippen molar-refractivity contribution in [1.29, 1.82) is 5.26 Å². The lowest BCUT2D eigenvalue weighted by Gasteiger charge is -2.12. The van der Waals surface area contributed by atoms with E-state index < -0.39 is 0 Å². The van der Waals surface area contributed by atoms with Gasteiger partial charge in [-0.05, 0) is 42.8 Å². The van der Waals surface area contributed by atoms with Gasteiger partial charge in [0.25, 0.3) is 5.91 Å². The summed E-state index contributed by atoms with van der Waals surface area (Å²) in [5, 5.41) is 14.0. The first kappa shape index (κ1) is 18.0. The minimum atomic E-state index is -0.352. The SMILES string of the molecule is CCOc1ccc(C(=O)Nc2ccccc2CNC(=O)CC#N)cc1. The molecule has 0 unspecified atom stereocenters. The second-order valence-electron chi connectivity index (χ2n) is 5.18. The van der Waals surface area contributed by atoms with E-state index in [0.717, 1.165) is 5.56 Å². The van der Waals surface area contributed by atoms with Gasteiger partial charge in [0, 0.05) is 17.8 Å². The topological polar surface area (TPSA) is 91.2 Å². The van der Waals surface area contributed by atoms with Gasteiger partial charge in [-0.1, -0.05) is 18.2 Å². The van der Waals surface area contributed by atoms with Gasteiger partial charge in [-0.3, -0.25) is 9.59 Å². The molecule has 2 aromatic carbocycles. The lowest BCUT2D eigenvalue weighted by Crippen LogP contribution is -2.23. The van der Waals surface area contributed by atoms with E-state index in [1.165, 1.54) is 0 Å². The van der Waals surface area contributed by atoms with E-state index in [1.54, 1.807) is 48.5 Å².